The average Bonchev–Trinajstić information content (AvgIpc) is 3.26. The first kappa shape index (κ1) is 22.2. The molecule has 4 N–H and O–H groups in total. The number of nitrogens with two attached hydrogens (primary N) is 2. The number of imidazole rings is 1. The van der Waals surface area contributed by atoms with Gasteiger partial charge in [0.15, 0.2) is 0 Å². The lowest BCUT2D eigenvalue weighted by atomic mass is 9.86. The van der Waals surface area contributed by atoms with Crippen LogP contribution in [0.3, 0.4) is 0 Å². The van der Waals surface area contributed by atoms with Crippen molar-refractivity contribution in [2.75, 3.05) is 6.54 Å². The Hall–Kier alpha value is -3.58. The number of rotatable bonds is 6. The van der Waals surface area contributed by atoms with E-state index in [-0.39, 0.29) is 12.4 Å². The van der Waals surface area contributed by atoms with Gasteiger partial charge in [0.2, 0.25) is 0 Å². The molecule has 34 heavy (non-hydrogen) atoms. The molecule has 0 fully saturated rings. The van der Waals surface area contributed by atoms with Gasteiger partial charge in [-0.3, -0.25) is 4.98 Å². The Kier molecular flexibility index (Phi) is 5.87. The number of halogens is 2. The molecule has 0 saturated carbocycles. The van der Waals surface area contributed by atoms with Crippen LogP contribution in [0, 0.1) is 5.82 Å². The maximum atomic E-state index is 13.7. The maximum Gasteiger partial charge on any atom is 0.123 e. The van der Waals surface area contributed by atoms with Gasteiger partial charge < -0.3 is 16.0 Å². The molecule has 5 nitrogen and oxygen atoms in total. The van der Waals surface area contributed by atoms with Crippen LogP contribution < -0.4 is 11.5 Å². The SMILES string of the molecule is NCC(N)(c1ccccc1)c1cc(-c2ccc3ncn(Cc4cccc(F)c4)c3c2)c(Cl)cn1. The second-order valence-corrected chi connectivity index (χ2v) is 8.70. The number of nitrogens with zero attached hydrogens (tertiary/aromatic N) is 3. The van der Waals surface area contributed by atoms with Crippen LogP contribution in [0.2, 0.25) is 5.02 Å². The number of benzene rings is 3. The summed E-state index contributed by atoms with van der Waals surface area (Å²) in [6.07, 6.45) is 3.37. The summed E-state index contributed by atoms with van der Waals surface area (Å²) in [5, 5.41) is 0.506. The maximum absolute atomic E-state index is 13.7. The molecule has 0 spiro atoms. The number of aromatic nitrogens is 3. The van der Waals surface area contributed by atoms with Crippen molar-refractivity contribution in [2.45, 2.75) is 12.1 Å². The van der Waals surface area contributed by atoms with Crippen LogP contribution >= 0.6 is 11.6 Å². The van der Waals surface area contributed by atoms with Gasteiger partial charge in [-0.15, -0.1) is 0 Å². The summed E-state index contributed by atoms with van der Waals surface area (Å²) in [6.45, 7) is 0.685. The van der Waals surface area contributed by atoms with Crippen LogP contribution in [0.25, 0.3) is 22.2 Å². The van der Waals surface area contributed by atoms with Crippen molar-refractivity contribution in [1.29, 1.82) is 0 Å². The number of pyridine rings is 1. The number of hydrogen-bond donors (Lipinski definition) is 2. The Morgan fingerprint density at radius 2 is 1.76 bits per heavy atom. The van der Waals surface area contributed by atoms with Gasteiger partial charge in [-0.05, 0) is 47.0 Å². The lowest BCUT2D eigenvalue weighted by Crippen LogP contribution is -2.45. The predicted molar refractivity (Wildman–Crippen MR) is 134 cm³/mol. The fourth-order valence-corrected chi connectivity index (χ4v) is 4.40. The van der Waals surface area contributed by atoms with Crippen molar-refractivity contribution in [2.24, 2.45) is 11.5 Å². The van der Waals surface area contributed by atoms with E-state index in [1.807, 2.05) is 65.2 Å². The molecule has 0 saturated heterocycles. The van der Waals surface area contributed by atoms with Crippen LogP contribution in [-0.4, -0.2) is 21.1 Å². The summed E-state index contributed by atoms with van der Waals surface area (Å²) < 4.78 is 15.6. The Balaban J connectivity index is 1.57. The summed E-state index contributed by atoms with van der Waals surface area (Å²) in [5.41, 5.74) is 17.7. The molecule has 5 aromatic rings. The first-order valence-corrected chi connectivity index (χ1v) is 11.3. The van der Waals surface area contributed by atoms with Crippen LogP contribution in [0.1, 0.15) is 16.8 Å². The molecule has 2 aromatic heterocycles. The molecule has 5 rings (SSSR count). The monoisotopic (exact) mass is 471 g/mol. The van der Waals surface area contributed by atoms with Crippen molar-refractivity contribution >= 4 is 22.6 Å². The Bertz CT molecular complexity index is 1470. The first-order chi connectivity index (χ1) is 16.5. The third-order valence-electron chi connectivity index (χ3n) is 6.10. The van der Waals surface area contributed by atoms with Gasteiger partial charge in [-0.25, -0.2) is 9.37 Å². The molecule has 0 aliphatic heterocycles. The Morgan fingerprint density at radius 3 is 2.53 bits per heavy atom. The highest BCUT2D eigenvalue weighted by molar-refractivity contribution is 6.33. The topological polar surface area (TPSA) is 82.8 Å². The van der Waals surface area contributed by atoms with E-state index in [4.69, 9.17) is 23.1 Å². The van der Waals surface area contributed by atoms with Crippen LogP contribution in [0.15, 0.2) is 91.4 Å². The molecule has 0 aliphatic rings. The van der Waals surface area contributed by atoms with Crippen molar-refractivity contribution in [3.05, 3.63) is 119 Å². The summed E-state index contributed by atoms with van der Waals surface area (Å²) >= 11 is 6.58. The van der Waals surface area contributed by atoms with Gasteiger partial charge >= 0.3 is 0 Å². The van der Waals surface area contributed by atoms with E-state index in [1.54, 1.807) is 18.6 Å². The third-order valence-corrected chi connectivity index (χ3v) is 6.40. The first-order valence-electron chi connectivity index (χ1n) is 10.9. The standard InChI is InChI=1S/C27H23ClFN5/c28-23-14-32-26(27(31,16-30)20-6-2-1-3-7-20)13-22(23)19-9-10-24-25(12-19)34(17-33-24)15-18-5-4-8-21(29)11-18/h1-14,17H,15-16,30-31H2. The van der Waals surface area contributed by atoms with Crippen LogP contribution in [-0.2, 0) is 12.1 Å². The van der Waals surface area contributed by atoms with Gasteiger partial charge in [0.05, 0.1) is 33.6 Å². The molecule has 0 bridgehead atoms. The zero-order valence-electron chi connectivity index (χ0n) is 18.3. The molecule has 1 atom stereocenters. The minimum atomic E-state index is -0.955. The van der Waals surface area contributed by atoms with Gasteiger partial charge in [0, 0.05) is 24.8 Å². The van der Waals surface area contributed by atoms with E-state index in [2.05, 4.69) is 9.97 Å². The molecule has 0 amide bonds. The molecule has 0 radical (unpaired) electrons. The summed E-state index contributed by atoms with van der Waals surface area (Å²) in [6, 6.07) is 24.1. The van der Waals surface area contributed by atoms with Crippen molar-refractivity contribution < 1.29 is 4.39 Å². The van der Waals surface area contributed by atoms with Crippen molar-refractivity contribution in [1.82, 2.24) is 14.5 Å². The molecule has 3 aromatic carbocycles. The van der Waals surface area contributed by atoms with E-state index < -0.39 is 5.54 Å². The third kappa shape index (κ3) is 4.07. The highest BCUT2D eigenvalue weighted by Gasteiger charge is 2.30. The van der Waals surface area contributed by atoms with Crippen LogP contribution in [0.4, 0.5) is 4.39 Å². The summed E-state index contributed by atoms with van der Waals surface area (Å²) in [4.78, 5) is 9.02. The molecule has 170 valence electrons. The number of fused-ring (bicyclic) bond motifs is 1. The van der Waals surface area contributed by atoms with Gasteiger partial charge in [-0.2, -0.15) is 0 Å². The van der Waals surface area contributed by atoms with E-state index in [9.17, 15) is 4.39 Å². The zero-order chi connectivity index (χ0) is 23.7. The van der Waals surface area contributed by atoms with E-state index in [1.165, 1.54) is 12.1 Å². The minimum Gasteiger partial charge on any atom is -0.328 e. The minimum absolute atomic E-state index is 0.185. The van der Waals surface area contributed by atoms with Crippen molar-refractivity contribution in [3.8, 4) is 11.1 Å². The van der Waals surface area contributed by atoms with Crippen molar-refractivity contribution in [3.63, 3.8) is 0 Å². The van der Waals surface area contributed by atoms with Gasteiger partial charge in [-0.1, -0.05) is 60.1 Å². The quantitative estimate of drug-likeness (QED) is 0.361. The van der Waals surface area contributed by atoms with E-state index >= 15 is 0 Å². The summed E-state index contributed by atoms with van der Waals surface area (Å²) in [5.74, 6) is -0.262. The van der Waals surface area contributed by atoms with Crippen LogP contribution in [0.5, 0.6) is 0 Å². The highest BCUT2D eigenvalue weighted by atomic mass is 35.5. The van der Waals surface area contributed by atoms with E-state index in [0.717, 1.165) is 33.3 Å². The smallest absolute Gasteiger partial charge is 0.123 e. The number of hydrogen-bond acceptors (Lipinski definition) is 4. The molecule has 2 heterocycles. The summed E-state index contributed by atoms with van der Waals surface area (Å²) in [7, 11) is 0. The average molecular weight is 472 g/mol. The largest absolute Gasteiger partial charge is 0.328 e. The normalized spacial score (nSPS) is 13.2. The van der Waals surface area contributed by atoms with Gasteiger partial charge in [0.25, 0.3) is 0 Å². The predicted octanol–water partition coefficient (Wildman–Crippen LogP) is 5.10. The lowest BCUT2D eigenvalue weighted by Gasteiger charge is -2.28. The molecule has 1 unspecified atom stereocenters. The zero-order valence-corrected chi connectivity index (χ0v) is 19.1. The Morgan fingerprint density at radius 1 is 0.941 bits per heavy atom. The second kappa shape index (κ2) is 8.99. The Labute approximate surface area is 201 Å². The second-order valence-electron chi connectivity index (χ2n) is 8.30. The molecular formula is C27H23ClFN5. The highest BCUT2D eigenvalue weighted by Crippen LogP contribution is 2.34. The molecule has 7 heteroatoms. The molecular weight excluding hydrogens is 449 g/mol. The molecule has 0 aliphatic carbocycles. The van der Waals surface area contributed by atoms with E-state index in [0.29, 0.717) is 17.3 Å². The fourth-order valence-electron chi connectivity index (χ4n) is 4.19. The van der Waals surface area contributed by atoms with Gasteiger partial charge in [0.1, 0.15) is 5.82 Å². The fraction of sp³-hybridized carbons (Fsp3) is 0.111. The lowest BCUT2D eigenvalue weighted by molar-refractivity contribution is 0.534.